The molecule has 2 aromatic heterocycles. The van der Waals surface area contributed by atoms with Gasteiger partial charge >= 0.3 is 0 Å². The second-order valence-electron chi connectivity index (χ2n) is 6.92. The summed E-state index contributed by atoms with van der Waals surface area (Å²) in [6.45, 7) is 2.20. The molecule has 1 aliphatic rings. The molecule has 1 N–H and O–H groups in total. The number of rotatable bonds is 5. The van der Waals surface area contributed by atoms with Crippen molar-refractivity contribution in [1.82, 2.24) is 5.27 Å². The second kappa shape index (κ2) is 8.27. The third kappa shape index (κ3) is 3.99. The van der Waals surface area contributed by atoms with Gasteiger partial charge in [0, 0.05) is 17.0 Å². The first-order chi connectivity index (χ1) is 14.1. The average molecular weight is 427 g/mol. The number of nitriles is 1. The maximum absolute atomic E-state index is 12.5. The van der Waals surface area contributed by atoms with Crippen molar-refractivity contribution in [3.05, 3.63) is 46.3 Å². The summed E-state index contributed by atoms with van der Waals surface area (Å²) >= 11 is 2.54. The predicted octanol–water partition coefficient (Wildman–Crippen LogP) is 2.81. The number of carbonyl (C=O) groups is 1. The van der Waals surface area contributed by atoms with Crippen molar-refractivity contribution < 1.29 is 19.1 Å². The number of benzene rings is 1. The lowest BCUT2D eigenvalue weighted by Crippen LogP contribution is -2.35. The molecule has 0 aliphatic heterocycles. The Morgan fingerprint density at radius 1 is 1.48 bits per heavy atom. The number of thioether (sulfide) groups is 1. The van der Waals surface area contributed by atoms with Crippen molar-refractivity contribution in [2.45, 2.75) is 31.2 Å². The molecular formula is C20H18N4O3S2. The monoisotopic (exact) mass is 426 g/mol. The molecule has 3 aromatic rings. The van der Waals surface area contributed by atoms with Gasteiger partial charge in [0.1, 0.15) is 11.1 Å². The van der Waals surface area contributed by atoms with Crippen molar-refractivity contribution in [2.75, 3.05) is 11.1 Å². The fourth-order valence-electron chi connectivity index (χ4n) is 3.35. The van der Waals surface area contributed by atoms with Gasteiger partial charge in [-0.1, -0.05) is 25.1 Å². The zero-order valence-corrected chi connectivity index (χ0v) is 17.3. The lowest BCUT2D eigenvalue weighted by molar-refractivity contribution is -0.705. The van der Waals surface area contributed by atoms with Gasteiger partial charge in [-0.15, -0.1) is 11.3 Å². The molecule has 1 aromatic carbocycles. The molecule has 9 heteroatoms. The number of fused-ring (bicyclic) bond motifs is 1. The van der Waals surface area contributed by atoms with Gasteiger partial charge in [0.05, 0.1) is 16.6 Å². The third-order valence-electron chi connectivity index (χ3n) is 4.79. The van der Waals surface area contributed by atoms with E-state index >= 15 is 0 Å². The van der Waals surface area contributed by atoms with Crippen LogP contribution in [-0.2, 0) is 17.6 Å². The molecule has 29 heavy (non-hydrogen) atoms. The molecule has 0 saturated carbocycles. The number of hydrogen-bond acceptors (Lipinski definition) is 7. The van der Waals surface area contributed by atoms with Crippen molar-refractivity contribution in [3.8, 4) is 17.7 Å². The van der Waals surface area contributed by atoms with Gasteiger partial charge in [-0.05, 0) is 47.2 Å². The van der Waals surface area contributed by atoms with Crippen LogP contribution in [0.2, 0.25) is 0 Å². The highest BCUT2D eigenvalue weighted by Gasteiger charge is 2.26. The Bertz CT molecular complexity index is 1090. The minimum atomic E-state index is -0.593. The van der Waals surface area contributed by atoms with Crippen LogP contribution in [0.15, 0.2) is 39.9 Å². The average Bonchev–Trinajstić information content (AvgIpc) is 3.25. The minimum Gasteiger partial charge on any atom is -0.538 e. The molecule has 1 atom stereocenters. The molecule has 1 aliphatic carbocycles. The van der Waals surface area contributed by atoms with Crippen molar-refractivity contribution in [1.29, 1.82) is 5.26 Å². The number of thiophene rings is 1. The number of para-hydroxylation sites is 1. The molecular weight excluding hydrogens is 408 g/mol. The summed E-state index contributed by atoms with van der Waals surface area (Å²) in [5.74, 6) is -0.278. The zero-order chi connectivity index (χ0) is 20.4. The Morgan fingerprint density at radius 3 is 3.03 bits per heavy atom. The van der Waals surface area contributed by atoms with E-state index in [-0.39, 0.29) is 16.7 Å². The summed E-state index contributed by atoms with van der Waals surface area (Å²) < 4.78 is 6.15. The van der Waals surface area contributed by atoms with E-state index in [4.69, 9.17) is 4.52 Å². The van der Waals surface area contributed by atoms with Crippen LogP contribution < -0.4 is 15.1 Å². The van der Waals surface area contributed by atoms with Crippen molar-refractivity contribution >= 4 is 34.0 Å². The lowest BCUT2D eigenvalue weighted by atomic mass is 9.89. The van der Waals surface area contributed by atoms with E-state index in [1.54, 1.807) is 12.1 Å². The highest BCUT2D eigenvalue weighted by Crippen LogP contribution is 2.39. The Balaban J connectivity index is 1.47. The largest absolute Gasteiger partial charge is 0.538 e. The van der Waals surface area contributed by atoms with E-state index in [1.807, 2.05) is 18.2 Å². The van der Waals surface area contributed by atoms with E-state index in [9.17, 15) is 15.2 Å². The first-order valence-corrected chi connectivity index (χ1v) is 11.0. The van der Waals surface area contributed by atoms with Crippen LogP contribution in [0.25, 0.3) is 5.69 Å². The number of aromatic nitrogens is 2. The maximum Gasteiger partial charge on any atom is 0.298 e. The summed E-state index contributed by atoms with van der Waals surface area (Å²) in [7, 11) is 0. The van der Waals surface area contributed by atoms with Gasteiger partial charge in [0.15, 0.2) is 5.95 Å². The van der Waals surface area contributed by atoms with Gasteiger partial charge in [-0.3, -0.25) is 4.79 Å². The zero-order valence-electron chi connectivity index (χ0n) is 15.7. The molecule has 0 fully saturated rings. The summed E-state index contributed by atoms with van der Waals surface area (Å²) in [5.41, 5.74) is 2.32. The van der Waals surface area contributed by atoms with E-state index in [0.29, 0.717) is 22.2 Å². The normalized spacial score (nSPS) is 15.5. The van der Waals surface area contributed by atoms with Gasteiger partial charge < -0.3 is 14.9 Å². The van der Waals surface area contributed by atoms with Crippen LogP contribution in [0.3, 0.4) is 0 Å². The van der Waals surface area contributed by atoms with Crippen molar-refractivity contribution in [2.24, 2.45) is 5.92 Å². The highest BCUT2D eigenvalue weighted by molar-refractivity contribution is 7.99. The maximum atomic E-state index is 12.5. The molecule has 0 spiro atoms. The smallest absolute Gasteiger partial charge is 0.298 e. The van der Waals surface area contributed by atoms with Gasteiger partial charge in [0.25, 0.3) is 5.03 Å². The first-order valence-electron chi connectivity index (χ1n) is 9.18. The molecule has 1 amide bonds. The molecule has 4 rings (SSSR count). The predicted molar refractivity (Wildman–Crippen MR) is 107 cm³/mol. The van der Waals surface area contributed by atoms with Gasteiger partial charge in [0.2, 0.25) is 11.6 Å². The highest BCUT2D eigenvalue weighted by atomic mass is 32.2. The molecule has 1 unspecified atom stereocenters. The molecule has 148 valence electrons. The third-order valence-corrected chi connectivity index (χ3v) is 6.98. The van der Waals surface area contributed by atoms with Crippen molar-refractivity contribution in [3.63, 3.8) is 0 Å². The quantitative estimate of drug-likeness (QED) is 0.497. The summed E-state index contributed by atoms with van der Waals surface area (Å²) in [4.78, 5) is 13.7. The number of nitrogens with one attached hydrogen (secondary N) is 1. The fraction of sp³-hybridized carbons (Fsp3) is 0.300. The fourth-order valence-corrected chi connectivity index (χ4v) is 5.48. The summed E-state index contributed by atoms with van der Waals surface area (Å²) in [6, 6.07) is 11.3. The number of anilines is 1. The Labute approximate surface area is 175 Å². The van der Waals surface area contributed by atoms with Gasteiger partial charge in [-0.25, -0.2) is 0 Å². The van der Waals surface area contributed by atoms with Crippen LogP contribution >= 0.6 is 23.1 Å². The molecule has 7 nitrogen and oxygen atoms in total. The van der Waals surface area contributed by atoms with Crippen LogP contribution in [0.4, 0.5) is 5.00 Å². The summed E-state index contributed by atoms with van der Waals surface area (Å²) in [6.07, 6.45) is 2.87. The van der Waals surface area contributed by atoms with Crippen LogP contribution in [0, 0.1) is 17.2 Å². The number of nitrogens with zero attached hydrogens (tertiary/aromatic N) is 3. The SMILES string of the molecule is CC1CCc2c(sc(NC(=O)CSc3c([O-])on[n+]3-c3ccccc3)c2C#N)C1. The Kier molecular flexibility index (Phi) is 5.56. The lowest BCUT2D eigenvalue weighted by Gasteiger charge is -2.17. The van der Waals surface area contributed by atoms with Gasteiger partial charge in [-0.2, -0.15) is 5.26 Å². The van der Waals surface area contributed by atoms with E-state index in [2.05, 4.69) is 23.6 Å². The van der Waals surface area contributed by atoms with E-state index in [1.165, 1.54) is 20.9 Å². The summed E-state index contributed by atoms with van der Waals surface area (Å²) in [5, 5.41) is 29.0. The molecule has 0 radical (unpaired) electrons. The van der Waals surface area contributed by atoms with Crippen LogP contribution in [-0.4, -0.2) is 16.9 Å². The van der Waals surface area contributed by atoms with E-state index in [0.717, 1.165) is 36.6 Å². The minimum absolute atomic E-state index is 0.00707. The number of amides is 1. The topological polar surface area (TPSA) is 106 Å². The first kappa shape index (κ1) is 19.5. The Morgan fingerprint density at radius 2 is 2.28 bits per heavy atom. The van der Waals surface area contributed by atoms with E-state index < -0.39 is 5.95 Å². The standard InChI is InChI=1S/C20H18N4O3S2/c1-12-7-8-14-15(10-21)18(29-16(14)9-12)22-17(25)11-28-19-20(26)27-23-24(19)13-5-3-2-4-6-13/h2-6,12H,7-9,11H2,1H3,(H-,22,23,25,26). The number of hydrogen-bond donors (Lipinski definition) is 1. The second-order valence-corrected chi connectivity index (χ2v) is 8.99. The molecule has 0 bridgehead atoms. The molecule has 0 saturated heterocycles. The number of carbonyl (C=O) groups excluding carboxylic acids is 1. The molecule has 2 heterocycles. The van der Waals surface area contributed by atoms with Crippen LogP contribution in [0.1, 0.15) is 29.3 Å². The van der Waals surface area contributed by atoms with Crippen LogP contribution in [0.5, 0.6) is 5.95 Å². The Hall–Kier alpha value is -2.83.